The molecule has 4 N–H and O–H groups in total. The monoisotopic (exact) mass is 458 g/mol. The average molecular weight is 459 g/mol. The summed E-state index contributed by atoms with van der Waals surface area (Å²) >= 11 is 0. The third-order valence-corrected chi connectivity index (χ3v) is 6.92. The van der Waals surface area contributed by atoms with Crippen LogP contribution in [0.5, 0.6) is 0 Å². The molecule has 3 aliphatic rings. The maximum absolute atomic E-state index is 13.1. The number of likely N-dealkylation sites (tertiary alicyclic amines) is 1. The van der Waals surface area contributed by atoms with E-state index in [0.717, 1.165) is 32.2 Å². The molecule has 5 atom stereocenters. The van der Waals surface area contributed by atoms with Crippen molar-refractivity contribution in [3.8, 4) is 0 Å². The molecule has 11 heteroatoms. The van der Waals surface area contributed by atoms with Crippen LogP contribution in [0.1, 0.15) is 44.6 Å². The van der Waals surface area contributed by atoms with Crippen molar-refractivity contribution >= 4 is 29.1 Å². The van der Waals surface area contributed by atoms with Gasteiger partial charge in [0.05, 0.1) is 22.9 Å². The Kier molecular flexibility index (Phi) is 6.61. The third-order valence-electron chi connectivity index (χ3n) is 6.92. The number of nitro benzene ring substituents is 1. The van der Waals surface area contributed by atoms with E-state index in [9.17, 15) is 24.5 Å². The van der Waals surface area contributed by atoms with E-state index in [2.05, 4.69) is 33.1 Å². The van der Waals surface area contributed by atoms with Crippen LogP contribution in [0.2, 0.25) is 0 Å². The Morgan fingerprint density at radius 3 is 2.79 bits per heavy atom. The van der Waals surface area contributed by atoms with Gasteiger partial charge in [-0.3, -0.25) is 34.7 Å². The number of nitro groups is 1. The maximum atomic E-state index is 13.1. The molecule has 5 unspecified atom stereocenters. The van der Waals surface area contributed by atoms with Gasteiger partial charge in [0.2, 0.25) is 17.7 Å². The molecule has 3 heterocycles. The molecule has 3 amide bonds. The van der Waals surface area contributed by atoms with E-state index < -0.39 is 35.1 Å². The molecule has 0 radical (unpaired) electrons. The van der Waals surface area contributed by atoms with Gasteiger partial charge >= 0.3 is 0 Å². The van der Waals surface area contributed by atoms with E-state index in [1.807, 2.05) is 0 Å². The normalized spacial score (nSPS) is 30.1. The van der Waals surface area contributed by atoms with Gasteiger partial charge < -0.3 is 16.0 Å². The number of aryl methyl sites for hydroxylation is 1. The van der Waals surface area contributed by atoms with Gasteiger partial charge in [0.15, 0.2) is 0 Å². The van der Waals surface area contributed by atoms with E-state index in [-0.39, 0.29) is 29.6 Å². The summed E-state index contributed by atoms with van der Waals surface area (Å²) in [5.41, 5.74) is 0.611. The Balaban J connectivity index is 1.51. The van der Waals surface area contributed by atoms with Gasteiger partial charge in [-0.1, -0.05) is 19.4 Å². The number of piperidine rings is 2. The van der Waals surface area contributed by atoms with Gasteiger partial charge in [-0.25, -0.2) is 0 Å². The zero-order valence-corrected chi connectivity index (χ0v) is 18.8. The number of anilines is 1. The number of benzene rings is 1. The highest BCUT2D eigenvalue weighted by Gasteiger charge is 2.49. The Morgan fingerprint density at radius 1 is 1.27 bits per heavy atom. The van der Waals surface area contributed by atoms with Gasteiger partial charge in [-0.05, 0) is 32.3 Å². The number of carbonyl (C=O) groups is 3. The Bertz CT molecular complexity index is 969. The summed E-state index contributed by atoms with van der Waals surface area (Å²) in [4.78, 5) is 51.6. The van der Waals surface area contributed by atoms with Gasteiger partial charge in [-0.15, -0.1) is 0 Å². The van der Waals surface area contributed by atoms with Gasteiger partial charge in [0.25, 0.3) is 5.69 Å². The summed E-state index contributed by atoms with van der Waals surface area (Å²) in [5.74, 6) is -2.82. The first-order valence-electron chi connectivity index (χ1n) is 11.5. The lowest BCUT2D eigenvalue weighted by Gasteiger charge is -2.49. The number of hydrogen-bond donors (Lipinski definition) is 4. The zero-order valence-electron chi connectivity index (χ0n) is 18.8. The molecular weight excluding hydrogens is 428 g/mol. The third kappa shape index (κ3) is 4.69. The molecule has 33 heavy (non-hydrogen) atoms. The highest BCUT2D eigenvalue weighted by molar-refractivity contribution is 6.00. The quantitative estimate of drug-likeness (QED) is 0.383. The van der Waals surface area contributed by atoms with Gasteiger partial charge in [0.1, 0.15) is 6.29 Å². The number of rotatable bonds is 5. The molecular formula is C22H30N6O5. The van der Waals surface area contributed by atoms with Gasteiger partial charge in [0, 0.05) is 36.3 Å². The van der Waals surface area contributed by atoms with Crippen LogP contribution >= 0.6 is 0 Å². The number of nitrogens with zero attached hydrogens (tertiary/aromatic N) is 2. The number of hydrogen-bond acceptors (Lipinski definition) is 7. The van der Waals surface area contributed by atoms with Crippen molar-refractivity contribution in [2.45, 2.75) is 64.4 Å². The lowest BCUT2D eigenvalue weighted by Crippen LogP contribution is -2.75. The molecule has 0 aromatic heterocycles. The molecule has 1 aromatic carbocycles. The molecule has 0 spiro atoms. The fourth-order valence-electron chi connectivity index (χ4n) is 5.16. The van der Waals surface area contributed by atoms with Crippen LogP contribution in [0.3, 0.4) is 0 Å². The molecule has 0 bridgehead atoms. The maximum Gasteiger partial charge on any atom is 0.274 e. The predicted octanol–water partition coefficient (Wildman–Crippen LogP) is 1.19. The van der Waals surface area contributed by atoms with Crippen molar-refractivity contribution in [2.24, 2.45) is 11.8 Å². The van der Waals surface area contributed by atoms with Crippen LogP contribution in [0.15, 0.2) is 18.2 Å². The van der Waals surface area contributed by atoms with E-state index in [0.29, 0.717) is 11.6 Å². The molecule has 0 saturated carbocycles. The van der Waals surface area contributed by atoms with Crippen molar-refractivity contribution in [1.29, 1.82) is 0 Å². The average Bonchev–Trinajstić information content (AvgIpc) is 2.79. The molecule has 0 aliphatic carbocycles. The van der Waals surface area contributed by atoms with Gasteiger partial charge in [-0.2, -0.15) is 0 Å². The van der Waals surface area contributed by atoms with E-state index in [4.69, 9.17) is 0 Å². The second-order valence-corrected chi connectivity index (χ2v) is 9.00. The first-order valence-corrected chi connectivity index (χ1v) is 11.5. The van der Waals surface area contributed by atoms with Crippen LogP contribution in [0.4, 0.5) is 11.4 Å². The van der Waals surface area contributed by atoms with Crippen LogP contribution in [-0.2, 0) is 14.4 Å². The summed E-state index contributed by atoms with van der Waals surface area (Å²) in [5, 5.41) is 23.0. The smallest absolute Gasteiger partial charge is 0.274 e. The lowest BCUT2D eigenvalue weighted by atomic mass is 9.81. The first-order chi connectivity index (χ1) is 15.8. The minimum Gasteiger partial charge on any atom is -0.340 e. The summed E-state index contributed by atoms with van der Waals surface area (Å²) in [6, 6.07) is 4.73. The largest absolute Gasteiger partial charge is 0.340 e. The second-order valence-electron chi connectivity index (χ2n) is 9.00. The molecule has 3 saturated heterocycles. The molecule has 178 valence electrons. The topological polar surface area (TPSA) is 146 Å². The van der Waals surface area contributed by atoms with Crippen LogP contribution in [0.25, 0.3) is 0 Å². The minimum absolute atomic E-state index is 0.112. The van der Waals surface area contributed by atoms with E-state index in [1.165, 1.54) is 6.07 Å². The Labute approximate surface area is 191 Å². The number of nitrogens with one attached hydrogen (secondary N) is 4. The van der Waals surface area contributed by atoms with Crippen LogP contribution < -0.4 is 21.3 Å². The van der Waals surface area contributed by atoms with E-state index in [1.54, 1.807) is 19.1 Å². The van der Waals surface area contributed by atoms with Crippen molar-refractivity contribution in [1.82, 2.24) is 20.9 Å². The number of carbonyl (C=O) groups excluding carboxylic acids is 3. The van der Waals surface area contributed by atoms with Crippen molar-refractivity contribution < 1.29 is 19.3 Å². The lowest BCUT2D eigenvalue weighted by molar-refractivity contribution is -0.385. The molecule has 11 nitrogen and oxygen atoms in total. The van der Waals surface area contributed by atoms with Crippen LogP contribution in [-0.4, -0.2) is 52.6 Å². The summed E-state index contributed by atoms with van der Waals surface area (Å²) < 4.78 is 0. The Morgan fingerprint density at radius 2 is 2.06 bits per heavy atom. The van der Waals surface area contributed by atoms with E-state index >= 15 is 0 Å². The van der Waals surface area contributed by atoms with Crippen molar-refractivity contribution in [2.75, 3.05) is 11.9 Å². The molecule has 3 aliphatic heterocycles. The minimum atomic E-state index is -0.902. The highest BCUT2D eigenvalue weighted by Crippen LogP contribution is 2.30. The van der Waals surface area contributed by atoms with Crippen LogP contribution in [0, 0.1) is 28.9 Å². The SMILES string of the molecule is CCC1CCCCN1C1NC(=O)C2C(NC(=O)CC2C(=O)Nc2ccc(C)c([N+](=O)[O-])c2)N1. The summed E-state index contributed by atoms with van der Waals surface area (Å²) in [6.07, 6.45) is 2.98. The molecule has 4 rings (SSSR count). The summed E-state index contributed by atoms with van der Waals surface area (Å²) in [7, 11) is 0. The first kappa shape index (κ1) is 23.1. The standard InChI is InChI=1S/C22H30N6O5/c1-3-14-6-4-5-9-27(14)22-25-19-18(21(31)26-22)15(11-17(29)24-19)20(30)23-13-8-7-12(2)16(10-13)28(32)33/h7-8,10,14-15,18-19,22,25H,3-6,9,11H2,1-2H3,(H,23,30)(H,24,29)(H,26,31). The highest BCUT2D eigenvalue weighted by atomic mass is 16.6. The fraction of sp³-hybridized carbons (Fsp3) is 0.591. The number of fused-ring (bicyclic) bond motifs is 1. The molecule has 3 fully saturated rings. The molecule has 1 aromatic rings. The fourth-order valence-corrected chi connectivity index (χ4v) is 5.16. The zero-order chi connectivity index (χ0) is 23.7. The number of amides is 3. The second kappa shape index (κ2) is 9.44. The Hall–Kier alpha value is -3.05. The predicted molar refractivity (Wildman–Crippen MR) is 120 cm³/mol. The van der Waals surface area contributed by atoms with Crippen molar-refractivity contribution in [3.05, 3.63) is 33.9 Å². The van der Waals surface area contributed by atoms with Crippen molar-refractivity contribution in [3.63, 3.8) is 0 Å². The summed E-state index contributed by atoms with van der Waals surface area (Å²) in [6.45, 7) is 4.58.